The molecule has 0 radical (unpaired) electrons. The standard InChI is InChI=1S/C28H30O3/c1-16-6-7-18-11-19(9-8-17(18)10-16)24-25-20(29)12-27(2,3)14-22(25)31-23-15-28(4,5)13-21(30)26(23)24/h6-11,24H,12-15H2,1-5H3. The number of allylic oxidation sites excluding steroid dienone is 4. The highest BCUT2D eigenvalue weighted by Crippen LogP contribution is 2.53. The molecule has 0 fully saturated rings. The van der Waals surface area contributed by atoms with Crippen LogP contribution in [0.2, 0.25) is 0 Å². The molecule has 0 bridgehead atoms. The van der Waals surface area contributed by atoms with E-state index in [1.807, 2.05) is 0 Å². The molecule has 2 aromatic rings. The van der Waals surface area contributed by atoms with Gasteiger partial charge in [0.25, 0.3) is 0 Å². The van der Waals surface area contributed by atoms with Crippen molar-refractivity contribution in [3.8, 4) is 0 Å². The van der Waals surface area contributed by atoms with Gasteiger partial charge < -0.3 is 4.74 Å². The van der Waals surface area contributed by atoms with Crippen LogP contribution in [-0.4, -0.2) is 11.6 Å². The molecule has 2 aliphatic carbocycles. The van der Waals surface area contributed by atoms with E-state index in [9.17, 15) is 9.59 Å². The zero-order chi connectivity index (χ0) is 22.1. The van der Waals surface area contributed by atoms with Gasteiger partial charge >= 0.3 is 0 Å². The van der Waals surface area contributed by atoms with Crippen LogP contribution in [0.5, 0.6) is 0 Å². The van der Waals surface area contributed by atoms with E-state index < -0.39 is 0 Å². The van der Waals surface area contributed by atoms with Gasteiger partial charge in [0.2, 0.25) is 0 Å². The zero-order valence-electron chi connectivity index (χ0n) is 19.1. The second-order valence-electron chi connectivity index (χ2n) is 11.2. The molecule has 3 nitrogen and oxygen atoms in total. The smallest absolute Gasteiger partial charge is 0.163 e. The van der Waals surface area contributed by atoms with E-state index in [2.05, 4.69) is 71.0 Å². The van der Waals surface area contributed by atoms with Crippen molar-refractivity contribution < 1.29 is 14.3 Å². The lowest BCUT2D eigenvalue weighted by Crippen LogP contribution is -2.37. The van der Waals surface area contributed by atoms with E-state index in [-0.39, 0.29) is 28.3 Å². The van der Waals surface area contributed by atoms with Gasteiger partial charge in [0, 0.05) is 42.7 Å². The van der Waals surface area contributed by atoms with Gasteiger partial charge in [-0.2, -0.15) is 0 Å². The number of hydrogen-bond donors (Lipinski definition) is 0. The minimum atomic E-state index is -0.323. The van der Waals surface area contributed by atoms with E-state index in [0.29, 0.717) is 24.0 Å². The maximum atomic E-state index is 13.4. The van der Waals surface area contributed by atoms with E-state index in [1.54, 1.807) is 0 Å². The van der Waals surface area contributed by atoms with Gasteiger partial charge in [-0.05, 0) is 34.1 Å². The number of aryl methyl sites for hydroxylation is 1. The number of ketones is 2. The maximum absolute atomic E-state index is 13.4. The van der Waals surface area contributed by atoms with Crippen LogP contribution in [0.3, 0.4) is 0 Å². The predicted molar refractivity (Wildman–Crippen MR) is 123 cm³/mol. The second-order valence-corrected chi connectivity index (χ2v) is 11.2. The molecule has 0 saturated carbocycles. The quantitative estimate of drug-likeness (QED) is 0.531. The van der Waals surface area contributed by atoms with Gasteiger partial charge in [0.15, 0.2) is 11.6 Å². The zero-order valence-corrected chi connectivity index (χ0v) is 19.1. The predicted octanol–water partition coefficient (Wildman–Crippen LogP) is 6.55. The number of hydrogen-bond acceptors (Lipinski definition) is 3. The monoisotopic (exact) mass is 414 g/mol. The Kier molecular flexibility index (Phi) is 4.35. The Morgan fingerprint density at radius 1 is 0.742 bits per heavy atom. The third-order valence-electron chi connectivity index (χ3n) is 6.93. The highest BCUT2D eigenvalue weighted by atomic mass is 16.5. The van der Waals surface area contributed by atoms with Crippen LogP contribution < -0.4 is 0 Å². The van der Waals surface area contributed by atoms with Crippen LogP contribution in [0.15, 0.2) is 59.1 Å². The summed E-state index contributed by atoms with van der Waals surface area (Å²) < 4.78 is 6.38. The van der Waals surface area contributed by atoms with Crippen LogP contribution >= 0.6 is 0 Å². The minimum Gasteiger partial charge on any atom is -0.465 e. The van der Waals surface area contributed by atoms with Gasteiger partial charge in [-0.1, -0.05) is 69.7 Å². The van der Waals surface area contributed by atoms with Gasteiger partial charge in [-0.15, -0.1) is 0 Å². The molecule has 3 heteroatoms. The molecule has 0 unspecified atom stereocenters. The van der Waals surface area contributed by atoms with Crippen molar-refractivity contribution in [2.75, 3.05) is 0 Å². The first-order valence-corrected chi connectivity index (χ1v) is 11.2. The van der Waals surface area contributed by atoms with E-state index in [1.165, 1.54) is 10.9 Å². The lowest BCUT2D eigenvalue weighted by atomic mass is 9.65. The second kappa shape index (κ2) is 6.66. The van der Waals surface area contributed by atoms with E-state index in [0.717, 1.165) is 35.3 Å². The van der Waals surface area contributed by atoms with Crippen LogP contribution in [-0.2, 0) is 14.3 Å². The first-order chi connectivity index (χ1) is 14.5. The summed E-state index contributed by atoms with van der Waals surface area (Å²) >= 11 is 0. The average molecular weight is 415 g/mol. The number of Topliss-reactive ketones (excluding diaryl/α,β-unsaturated/α-hetero) is 2. The van der Waals surface area contributed by atoms with Crippen LogP contribution in [0.4, 0.5) is 0 Å². The molecule has 0 spiro atoms. The van der Waals surface area contributed by atoms with Gasteiger partial charge in [0.05, 0.1) is 0 Å². The van der Waals surface area contributed by atoms with Crippen molar-refractivity contribution in [2.24, 2.45) is 10.8 Å². The number of carbonyl (C=O) groups is 2. The molecule has 31 heavy (non-hydrogen) atoms. The molecule has 0 saturated heterocycles. The van der Waals surface area contributed by atoms with Crippen molar-refractivity contribution in [1.29, 1.82) is 0 Å². The summed E-state index contributed by atoms with van der Waals surface area (Å²) in [6.07, 6.45) is 2.42. The number of benzene rings is 2. The number of fused-ring (bicyclic) bond motifs is 1. The van der Waals surface area contributed by atoms with Crippen LogP contribution in [0, 0.1) is 17.8 Å². The molecule has 1 heterocycles. The summed E-state index contributed by atoms with van der Waals surface area (Å²) in [5.74, 6) is 1.46. The summed E-state index contributed by atoms with van der Waals surface area (Å²) in [6, 6.07) is 12.7. The summed E-state index contributed by atoms with van der Waals surface area (Å²) in [6.45, 7) is 10.6. The number of rotatable bonds is 1. The largest absolute Gasteiger partial charge is 0.465 e. The molecule has 0 N–H and O–H groups in total. The number of ether oxygens (including phenoxy) is 1. The Morgan fingerprint density at radius 2 is 1.26 bits per heavy atom. The molecule has 5 rings (SSSR count). The lowest BCUT2D eigenvalue weighted by molar-refractivity contribution is -0.120. The Balaban J connectivity index is 1.72. The Bertz CT molecular complexity index is 1150. The molecule has 0 aromatic heterocycles. The van der Waals surface area contributed by atoms with Gasteiger partial charge in [-0.3, -0.25) is 9.59 Å². The fourth-order valence-electron chi connectivity index (χ4n) is 5.57. The molecule has 0 amide bonds. The van der Waals surface area contributed by atoms with Crippen molar-refractivity contribution in [1.82, 2.24) is 0 Å². The molecule has 1 aliphatic heterocycles. The topological polar surface area (TPSA) is 43.4 Å². The SMILES string of the molecule is Cc1ccc2cc(C3C4=C(CC(C)(C)CC4=O)OC4=C3C(=O)CC(C)(C)C4)ccc2c1. The van der Waals surface area contributed by atoms with Gasteiger partial charge in [0.1, 0.15) is 11.5 Å². The minimum absolute atomic E-state index is 0.115. The fourth-order valence-corrected chi connectivity index (χ4v) is 5.57. The van der Waals surface area contributed by atoms with Crippen molar-refractivity contribution >= 4 is 22.3 Å². The molecule has 0 atom stereocenters. The normalized spacial score (nSPS) is 23.0. The highest BCUT2D eigenvalue weighted by Gasteiger charge is 2.47. The summed E-state index contributed by atoms with van der Waals surface area (Å²) in [5, 5.41) is 2.30. The Morgan fingerprint density at radius 3 is 1.84 bits per heavy atom. The maximum Gasteiger partial charge on any atom is 0.163 e. The molecular formula is C28H30O3. The third kappa shape index (κ3) is 3.44. The molecule has 160 valence electrons. The first-order valence-electron chi connectivity index (χ1n) is 11.2. The summed E-state index contributed by atoms with van der Waals surface area (Å²) in [5.41, 5.74) is 3.38. The van der Waals surface area contributed by atoms with Crippen molar-refractivity contribution in [2.45, 2.75) is 66.2 Å². The summed E-state index contributed by atoms with van der Waals surface area (Å²) in [4.78, 5) is 26.7. The summed E-state index contributed by atoms with van der Waals surface area (Å²) in [7, 11) is 0. The first kappa shape index (κ1) is 20.2. The van der Waals surface area contributed by atoms with Crippen LogP contribution in [0.1, 0.15) is 70.4 Å². The fraction of sp³-hybridized carbons (Fsp3) is 0.429. The molecule has 3 aliphatic rings. The average Bonchev–Trinajstić information content (AvgIpc) is 2.64. The van der Waals surface area contributed by atoms with E-state index in [4.69, 9.17) is 4.74 Å². The van der Waals surface area contributed by atoms with Crippen LogP contribution in [0.25, 0.3) is 10.8 Å². The Labute approximate surface area is 184 Å². The van der Waals surface area contributed by atoms with Crippen molar-refractivity contribution in [3.05, 3.63) is 70.2 Å². The highest BCUT2D eigenvalue weighted by molar-refractivity contribution is 6.06. The van der Waals surface area contributed by atoms with E-state index >= 15 is 0 Å². The lowest BCUT2D eigenvalue weighted by Gasteiger charge is -2.42. The molecular weight excluding hydrogens is 384 g/mol. The van der Waals surface area contributed by atoms with Gasteiger partial charge in [-0.25, -0.2) is 0 Å². The Hall–Kier alpha value is -2.68. The van der Waals surface area contributed by atoms with Crippen molar-refractivity contribution in [3.63, 3.8) is 0 Å². The third-order valence-corrected chi connectivity index (χ3v) is 6.93. The molecule has 2 aromatic carbocycles. The number of carbonyl (C=O) groups excluding carboxylic acids is 2.